The van der Waals surface area contributed by atoms with Gasteiger partial charge in [0.15, 0.2) is 0 Å². The van der Waals surface area contributed by atoms with Crippen LogP contribution in [0.15, 0.2) is 24.3 Å². The Kier molecular flexibility index (Phi) is 4.95. The van der Waals surface area contributed by atoms with Crippen molar-refractivity contribution in [2.75, 3.05) is 5.33 Å². The first kappa shape index (κ1) is 14.8. The van der Waals surface area contributed by atoms with Crippen molar-refractivity contribution < 1.29 is 23.1 Å². The zero-order chi connectivity index (χ0) is 13.8. The van der Waals surface area contributed by atoms with E-state index in [9.17, 15) is 18.0 Å². The quantitative estimate of drug-likeness (QED) is 0.843. The Bertz CT molecular complexity index is 467. The van der Waals surface area contributed by atoms with E-state index in [2.05, 4.69) is 15.9 Å². The van der Waals surface area contributed by atoms with Crippen LogP contribution in [0.5, 0.6) is 0 Å². The highest BCUT2D eigenvalue weighted by molar-refractivity contribution is 9.09. The molecule has 0 saturated carbocycles. The second kappa shape index (κ2) is 6.04. The van der Waals surface area contributed by atoms with Crippen LogP contribution in [0.2, 0.25) is 0 Å². The lowest BCUT2D eigenvalue weighted by Gasteiger charge is -2.11. The average Bonchev–Trinajstić information content (AvgIpc) is 2.28. The average molecular weight is 323 g/mol. The minimum absolute atomic E-state index is 0.0338. The van der Waals surface area contributed by atoms with Gasteiger partial charge in [-0.3, -0.25) is 0 Å². The van der Waals surface area contributed by atoms with Gasteiger partial charge in [-0.15, -0.1) is 0 Å². The van der Waals surface area contributed by atoms with Gasteiger partial charge >= 0.3 is 12.1 Å². The molecule has 0 aliphatic rings. The van der Waals surface area contributed by atoms with Gasteiger partial charge in [-0.25, -0.2) is 4.79 Å². The Labute approximate surface area is 110 Å². The standard InChI is InChI=1S/C12H10BrF3O2/c13-6-2-1-3-8-4-5-9(11(17)18)7-10(8)12(14,15)16/h1,3-5,7H,2,6H2,(H,17,18). The minimum atomic E-state index is -4.57. The summed E-state index contributed by atoms with van der Waals surface area (Å²) in [6.07, 6.45) is -1.03. The first-order valence-electron chi connectivity index (χ1n) is 5.03. The summed E-state index contributed by atoms with van der Waals surface area (Å²) in [6.45, 7) is 0. The largest absolute Gasteiger partial charge is 0.478 e. The van der Waals surface area contributed by atoms with E-state index in [1.165, 1.54) is 6.08 Å². The number of carboxylic acid groups (broad SMARTS) is 1. The highest BCUT2D eigenvalue weighted by Gasteiger charge is 2.33. The number of carboxylic acids is 1. The SMILES string of the molecule is O=C(O)c1ccc(C=CCCBr)c(C(F)(F)F)c1. The first-order chi connectivity index (χ1) is 8.36. The molecule has 0 aliphatic carbocycles. The molecule has 1 N–H and O–H groups in total. The van der Waals surface area contributed by atoms with E-state index in [0.29, 0.717) is 17.8 Å². The smallest absolute Gasteiger partial charge is 0.417 e. The molecule has 98 valence electrons. The third kappa shape index (κ3) is 3.87. The van der Waals surface area contributed by atoms with E-state index in [1.807, 2.05) is 0 Å². The monoisotopic (exact) mass is 322 g/mol. The van der Waals surface area contributed by atoms with Gasteiger partial charge in [-0.05, 0) is 24.1 Å². The number of aromatic carboxylic acids is 1. The van der Waals surface area contributed by atoms with Crippen LogP contribution in [0.4, 0.5) is 13.2 Å². The maximum Gasteiger partial charge on any atom is 0.417 e. The van der Waals surface area contributed by atoms with Gasteiger partial charge in [0.05, 0.1) is 11.1 Å². The van der Waals surface area contributed by atoms with Crippen molar-refractivity contribution in [2.45, 2.75) is 12.6 Å². The summed E-state index contributed by atoms with van der Waals surface area (Å²) in [4.78, 5) is 10.7. The summed E-state index contributed by atoms with van der Waals surface area (Å²) in [5, 5.41) is 9.34. The molecule has 0 bridgehead atoms. The summed E-state index contributed by atoms with van der Waals surface area (Å²) in [6, 6.07) is 2.97. The van der Waals surface area contributed by atoms with Gasteiger partial charge < -0.3 is 5.11 Å². The minimum Gasteiger partial charge on any atom is -0.478 e. The van der Waals surface area contributed by atoms with Crippen molar-refractivity contribution >= 4 is 28.0 Å². The van der Waals surface area contributed by atoms with Gasteiger partial charge in [0.1, 0.15) is 0 Å². The third-order valence-corrected chi connectivity index (χ3v) is 2.64. The zero-order valence-corrected chi connectivity index (χ0v) is 10.8. The van der Waals surface area contributed by atoms with Crippen LogP contribution in [-0.2, 0) is 6.18 Å². The number of alkyl halides is 4. The van der Waals surface area contributed by atoms with Crippen molar-refractivity contribution in [1.82, 2.24) is 0 Å². The topological polar surface area (TPSA) is 37.3 Å². The number of halogens is 4. The van der Waals surface area contributed by atoms with Crippen LogP contribution in [0, 0.1) is 0 Å². The Morgan fingerprint density at radius 2 is 2.06 bits per heavy atom. The molecular weight excluding hydrogens is 313 g/mol. The molecule has 0 aliphatic heterocycles. The second-order valence-corrected chi connectivity index (χ2v) is 4.28. The molecule has 18 heavy (non-hydrogen) atoms. The van der Waals surface area contributed by atoms with E-state index in [-0.39, 0.29) is 11.1 Å². The normalized spacial score (nSPS) is 12.0. The number of allylic oxidation sites excluding steroid dienone is 1. The maximum absolute atomic E-state index is 12.8. The Morgan fingerprint density at radius 3 is 2.56 bits per heavy atom. The van der Waals surface area contributed by atoms with Crippen molar-refractivity contribution in [3.63, 3.8) is 0 Å². The van der Waals surface area contributed by atoms with Crippen molar-refractivity contribution in [3.05, 3.63) is 41.0 Å². The Balaban J connectivity index is 3.21. The van der Waals surface area contributed by atoms with Crippen molar-refractivity contribution in [3.8, 4) is 0 Å². The highest BCUT2D eigenvalue weighted by Crippen LogP contribution is 2.33. The van der Waals surface area contributed by atoms with Crippen molar-refractivity contribution in [2.24, 2.45) is 0 Å². The molecule has 2 nitrogen and oxygen atoms in total. The number of benzene rings is 1. The van der Waals surface area contributed by atoms with Gasteiger partial charge in [0, 0.05) is 5.33 Å². The molecule has 0 unspecified atom stereocenters. The fourth-order valence-corrected chi connectivity index (χ4v) is 1.62. The highest BCUT2D eigenvalue weighted by atomic mass is 79.9. The molecular formula is C12H10BrF3O2. The predicted molar refractivity (Wildman–Crippen MR) is 65.8 cm³/mol. The van der Waals surface area contributed by atoms with E-state index in [4.69, 9.17) is 5.11 Å². The molecule has 6 heteroatoms. The lowest BCUT2D eigenvalue weighted by molar-refractivity contribution is -0.137. The van der Waals surface area contributed by atoms with E-state index < -0.39 is 17.7 Å². The van der Waals surface area contributed by atoms with Crippen LogP contribution in [0.3, 0.4) is 0 Å². The number of rotatable bonds is 4. The summed E-state index contributed by atoms with van der Waals surface area (Å²) in [5.74, 6) is -1.38. The molecule has 0 atom stereocenters. The molecule has 0 radical (unpaired) electrons. The van der Waals surface area contributed by atoms with Gasteiger partial charge in [0.2, 0.25) is 0 Å². The van der Waals surface area contributed by atoms with Crippen LogP contribution in [-0.4, -0.2) is 16.4 Å². The summed E-state index contributed by atoms with van der Waals surface area (Å²) in [5.41, 5.74) is -1.35. The van der Waals surface area contributed by atoms with Crippen molar-refractivity contribution in [1.29, 1.82) is 0 Å². The lowest BCUT2D eigenvalue weighted by Crippen LogP contribution is -2.09. The summed E-state index contributed by atoms with van der Waals surface area (Å²) < 4.78 is 38.3. The van der Waals surface area contributed by atoms with Crippen LogP contribution >= 0.6 is 15.9 Å². The van der Waals surface area contributed by atoms with Gasteiger partial charge in [-0.1, -0.05) is 34.1 Å². The van der Waals surface area contributed by atoms with E-state index in [1.54, 1.807) is 6.08 Å². The molecule has 1 aromatic rings. The predicted octanol–water partition coefficient (Wildman–Crippen LogP) is 4.20. The molecule has 0 amide bonds. The summed E-state index contributed by atoms with van der Waals surface area (Å²) >= 11 is 3.16. The molecule has 0 aromatic heterocycles. The zero-order valence-electron chi connectivity index (χ0n) is 9.17. The van der Waals surface area contributed by atoms with Crippen LogP contribution in [0.1, 0.15) is 27.9 Å². The van der Waals surface area contributed by atoms with Gasteiger partial charge in [0.25, 0.3) is 0 Å². The fraction of sp³-hybridized carbons (Fsp3) is 0.250. The van der Waals surface area contributed by atoms with Crippen LogP contribution in [0.25, 0.3) is 6.08 Å². The number of hydrogen-bond acceptors (Lipinski definition) is 1. The van der Waals surface area contributed by atoms with Gasteiger partial charge in [-0.2, -0.15) is 13.2 Å². The summed E-state index contributed by atoms with van der Waals surface area (Å²) in [7, 11) is 0. The number of carbonyl (C=O) groups is 1. The molecule has 0 heterocycles. The molecule has 1 rings (SSSR count). The third-order valence-electron chi connectivity index (χ3n) is 2.18. The first-order valence-corrected chi connectivity index (χ1v) is 6.15. The fourth-order valence-electron chi connectivity index (χ4n) is 1.35. The van der Waals surface area contributed by atoms with E-state index >= 15 is 0 Å². The molecule has 0 fully saturated rings. The molecule has 1 aromatic carbocycles. The molecule has 0 saturated heterocycles. The Hall–Kier alpha value is -1.30. The maximum atomic E-state index is 12.8. The van der Waals surface area contributed by atoms with Crippen LogP contribution < -0.4 is 0 Å². The number of hydrogen-bond donors (Lipinski definition) is 1. The Morgan fingerprint density at radius 1 is 1.39 bits per heavy atom. The second-order valence-electron chi connectivity index (χ2n) is 3.48. The molecule has 0 spiro atoms. The lowest BCUT2D eigenvalue weighted by atomic mass is 10.0. The van der Waals surface area contributed by atoms with E-state index in [0.717, 1.165) is 12.1 Å².